The first kappa shape index (κ1) is 28.4. The summed E-state index contributed by atoms with van der Waals surface area (Å²) in [5.74, 6) is -0.134. The molecule has 37 heavy (non-hydrogen) atoms. The van der Waals surface area contributed by atoms with Crippen molar-refractivity contribution in [2.24, 2.45) is 10.7 Å². The monoisotopic (exact) mass is 516 g/mol. The number of esters is 1. The molecule has 204 valence electrons. The average Bonchev–Trinajstić information content (AvgIpc) is 3.08. The Labute approximate surface area is 219 Å². The molecule has 0 radical (unpaired) electrons. The molecule has 2 fully saturated rings. The summed E-state index contributed by atoms with van der Waals surface area (Å²) in [6.45, 7) is 13.7. The van der Waals surface area contributed by atoms with E-state index in [1.54, 1.807) is 49.9 Å². The number of anilines is 1. The van der Waals surface area contributed by atoms with Gasteiger partial charge in [-0.25, -0.2) is 9.59 Å². The second kappa shape index (κ2) is 11.1. The summed E-state index contributed by atoms with van der Waals surface area (Å²) in [6.07, 6.45) is 1.47. The fourth-order valence-electron chi connectivity index (χ4n) is 4.37. The van der Waals surface area contributed by atoms with Crippen molar-refractivity contribution in [2.75, 3.05) is 31.1 Å². The molecule has 0 aromatic heterocycles. The zero-order valence-corrected chi connectivity index (χ0v) is 22.8. The van der Waals surface area contributed by atoms with Gasteiger partial charge in [-0.15, -0.1) is 0 Å². The summed E-state index contributed by atoms with van der Waals surface area (Å²) >= 11 is 0. The summed E-state index contributed by atoms with van der Waals surface area (Å²) in [5.41, 5.74) is 5.56. The minimum absolute atomic E-state index is 0.0420. The van der Waals surface area contributed by atoms with Gasteiger partial charge in [-0.05, 0) is 78.8 Å². The average molecular weight is 517 g/mol. The van der Waals surface area contributed by atoms with Gasteiger partial charge in [0, 0.05) is 43.6 Å². The standard InChI is InChI=1S/C27H40N4O6/c1-25(2,3)35-21(32)8-7-15-30-16-13-27(14-17-30)18-31(24(34)37-27)20-11-9-19(10-12-20)22(28)29-23(33)36-26(4,5)6/h9-12H,7-8,13-18H2,1-6H3,(H2,28,29,33). The highest BCUT2D eigenvalue weighted by molar-refractivity contribution is 6.03. The molecule has 1 spiro atoms. The van der Waals surface area contributed by atoms with E-state index < -0.39 is 22.9 Å². The number of rotatable bonds is 6. The highest BCUT2D eigenvalue weighted by Crippen LogP contribution is 2.36. The van der Waals surface area contributed by atoms with Gasteiger partial charge >= 0.3 is 18.2 Å². The van der Waals surface area contributed by atoms with Crippen LogP contribution in [0.15, 0.2) is 29.3 Å². The molecule has 10 nitrogen and oxygen atoms in total. The predicted octanol–water partition coefficient (Wildman–Crippen LogP) is 4.24. The number of amidine groups is 1. The lowest BCUT2D eigenvalue weighted by Gasteiger charge is -2.37. The maximum Gasteiger partial charge on any atom is 0.436 e. The van der Waals surface area contributed by atoms with Crippen molar-refractivity contribution < 1.29 is 28.6 Å². The summed E-state index contributed by atoms with van der Waals surface area (Å²) in [7, 11) is 0. The van der Waals surface area contributed by atoms with Crippen molar-refractivity contribution in [3.05, 3.63) is 29.8 Å². The maximum absolute atomic E-state index is 12.7. The van der Waals surface area contributed by atoms with Gasteiger partial charge in [0.1, 0.15) is 22.6 Å². The van der Waals surface area contributed by atoms with Gasteiger partial charge < -0.3 is 24.8 Å². The Kier molecular flexibility index (Phi) is 8.52. The quantitative estimate of drug-likeness (QED) is 0.258. The summed E-state index contributed by atoms with van der Waals surface area (Å²) in [4.78, 5) is 44.3. The number of nitrogens with zero attached hydrogens (tertiary/aromatic N) is 3. The molecule has 1 aromatic rings. The Hall–Kier alpha value is -3.14. The first-order valence-corrected chi connectivity index (χ1v) is 12.8. The summed E-state index contributed by atoms with van der Waals surface area (Å²) in [5, 5.41) is 0. The van der Waals surface area contributed by atoms with Crippen LogP contribution in [0.4, 0.5) is 15.3 Å². The molecule has 0 bridgehead atoms. The van der Waals surface area contributed by atoms with Gasteiger partial charge in [-0.2, -0.15) is 4.99 Å². The molecular weight excluding hydrogens is 476 g/mol. The predicted molar refractivity (Wildman–Crippen MR) is 141 cm³/mol. The SMILES string of the molecule is CC(C)(C)OC(=O)CCCN1CCC2(CC1)CN(c1ccc(C(N)=NC(=O)OC(C)(C)C)cc1)C(=O)O2. The first-order valence-electron chi connectivity index (χ1n) is 12.8. The molecule has 0 atom stereocenters. The molecule has 2 aliphatic heterocycles. The minimum Gasteiger partial charge on any atom is -0.460 e. The second-order valence-electron chi connectivity index (χ2n) is 11.7. The van der Waals surface area contributed by atoms with Crippen molar-refractivity contribution in [3.63, 3.8) is 0 Å². The number of ether oxygens (including phenoxy) is 3. The highest BCUT2D eigenvalue weighted by Gasteiger charge is 2.47. The van der Waals surface area contributed by atoms with Gasteiger partial charge in [0.25, 0.3) is 0 Å². The minimum atomic E-state index is -0.754. The van der Waals surface area contributed by atoms with Crippen molar-refractivity contribution in [1.82, 2.24) is 4.90 Å². The molecule has 0 unspecified atom stereocenters. The largest absolute Gasteiger partial charge is 0.460 e. The number of piperidine rings is 1. The molecule has 2 amide bonds. The Balaban J connectivity index is 1.51. The molecular formula is C27H40N4O6. The maximum atomic E-state index is 12.7. The van der Waals surface area contributed by atoms with Crippen LogP contribution in [0.25, 0.3) is 0 Å². The molecule has 2 heterocycles. The lowest BCUT2D eigenvalue weighted by atomic mass is 9.91. The van der Waals surface area contributed by atoms with Crippen LogP contribution in [-0.4, -0.2) is 71.9 Å². The molecule has 1 aromatic carbocycles. The third-order valence-electron chi connectivity index (χ3n) is 6.09. The van der Waals surface area contributed by atoms with E-state index in [2.05, 4.69) is 9.89 Å². The Morgan fingerprint density at radius 2 is 1.62 bits per heavy atom. The lowest BCUT2D eigenvalue weighted by molar-refractivity contribution is -0.155. The molecule has 0 saturated carbocycles. The zero-order valence-electron chi connectivity index (χ0n) is 22.8. The number of benzene rings is 1. The smallest absolute Gasteiger partial charge is 0.436 e. The van der Waals surface area contributed by atoms with Gasteiger partial charge in [-0.3, -0.25) is 9.69 Å². The Morgan fingerprint density at radius 3 is 2.19 bits per heavy atom. The molecule has 3 rings (SSSR count). The van der Waals surface area contributed by atoms with Crippen molar-refractivity contribution in [1.29, 1.82) is 0 Å². The Morgan fingerprint density at radius 1 is 1.03 bits per heavy atom. The van der Waals surface area contributed by atoms with Gasteiger partial charge in [0.2, 0.25) is 0 Å². The number of hydrogen-bond donors (Lipinski definition) is 1. The molecule has 10 heteroatoms. The summed E-state index contributed by atoms with van der Waals surface area (Å²) in [6, 6.07) is 6.95. The van der Waals surface area contributed by atoms with Crippen LogP contribution in [0.2, 0.25) is 0 Å². The number of amides is 2. The van der Waals surface area contributed by atoms with E-state index in [9.17, 15) is 14.4 Å². The molecule has 2 aliphatic rings. The third-order valence-corrected chi connectivity index (χ3v) is 6.09. The van der Waals surface area contributed by atoms with Crippen LogP contribution >= 0.6 is 0 Å². The van der Waals surface area contributed by atoms with Crippen molar-refractivity contribution in [3.8, 4) is 0 Å². The van der Waals surface area contributed by atoms with Crippen LogP contribution in [0, 0.1) is 0 Å². The first-order chi connectivity index (χ1) is 17.1. The van der Waals surface area contributed by atoms with E-state index in [-0.39, 0.29) is 17.9 Å². The third kappa shape index (κ3) is 8.45. The normalized spacial score (nSPS) is 18.6. The van der Waals surface area contributed by atoms with Crippen LogP contribution in [0.3, 0.4) is 0 Å². The highest BCUT2D eigenvalue weighted by atomic mass is 16.6. The van der Waals surface area contributed by atoms with E-state index >= 15 is 0 Å². The van der Waals surface area contributed by atoms with Gasteiger partial charge in [0.05, 0.1) is 6.54 Å². The van der Waals surface area contributed by atoms with Crippen molar-refractivity contribution in [2.45, 2.75) is 84.0 Å². The van der Waals surface area contributed by atoms with E-state index in [4.69, 9.17) is 19.9 Å². The van der Waals surface area contributed by atoms with Crippen LogP contribution in [0.1, 0.15) is 72.8 Å². The van der Waals surface area contributed by atoms with E-state index in [0.717, 1.165) is 38.9 Å². The zero-order chi connectivity index (χ0) is 27.4. The van der Waals surface area contributed by atoms with E-state index in [1.165, 1.54) is 0 Å². The number of nitrogens with two attached hydrogens (primary N) is 1. The molecule has 2 saturated heterocycles. The van der Waals surface area contributed by atoms with Gasteiger partial charge in [0.15, 0.2) is 0 Å². The van der Waals surface area contributed by atoms with E-state index in [1.807, 2.05) is 20.8 Å². The lowest BCUT2D eigenvalue weighted by Crippen LogP contribution is -2.47. The second-order valence-corrected chi connectivity index (χ2v) is 11.7. The Bertz CT molecular complexity index is 1010. The van der Waals surface area contributed by atoms with Crippen LogP contribution in [-0.2, 0) is 19.0 Å². The fourth-order valence-corrected chi connectivity index (χ4v) is 4.37. The number of carbonyl (C=O) groups excluding carboxylic acids is 3. The number of aliphatic imine (C=N–C) groups is 1. The molecule has 2 N–H and O–H groups in total. The number of likely N-dealkylation sites (tertiary alicyclic amines) is 1. The van der Waals surface area contributed by atoms with E-state index in [0.29, 0.717) is 24.2 Å². The van der Waals surface area contributed by atoms with Gasteiger partial charge in [-0.1, -0.05) is 0 Å². The number of hydrogen-bond acceptors (Lipinski definition) is 7. The number of carbonyl (C=O) groups is 3. The van der Waals surface area contributed by atoms with Crippen LogP contribution < -0.4 is 10.6 Å². The summed E-state index contributed by atoms with van der Waals surface area (Å²) < 4.78 is 16.4. The molecule has 0 aliphatic carbocycles. The fraction of sp³-hybridized carbons (Fsp3) is 0.630. The van der Waals surface area contributed by atoms with Crippen LogP contribution in [0.5, 0.6) is 0 Å². The topological polar surface area (TPSA) is 124 Å². The van der Waals surface area contributed by atoms with Crippen molar-refractivity contribution >= 4 is 29.7 Å².